The molecule has 0 bridgehead atoms. The van der Waals surface area contributed by atoms with Crippen LogP contribution in [0.4, 0.5) is 0 Å². The van der Waals surface area contributed by atoms with Gasteiger partial charge in [0.15, 0.2) is 11.5 Å². The summed E-state index contributed by atoms with van der Waals surface area (Å²) in [6.45, 7) is 2.08. The number of methoxy groups -OCH3 is 2. The van der Waals surface area contributed by atoms with Gasteiger partial charge in [-0.2, -0.15) is 0 Å². The fourth-order valence-corrected chi connectivity index (χ4v) is 3.22. The summed E-state index contributed by atoms with van der Waals surface area (Å²) < 4.78 is 10.7. The molecule has 0 spiro atoms. The summed E-state index contributed by atoms with van der Waals surface area (Å²) in [5, 5.41) is 1.85. The molecule has 1 heterocycles. The Labute approximate surface area is 133 Å². The molecule has 1 aromatic heterocycles. The number of benzene rings is 2. The van der Waals surface area contributed by atoms with Gasteiger partial charge in [0.2, 0.25) is 0 Å². The minimum absolute atomic E-state index is 0.667. The predicted octanol–water partition coefficient (Wildman–Crippen LogP) is 4.11. The minimum Gasteiger partial charge on any atom is -0.493 e. The van der Waals surface area contributed by atoms with Crippen molar-refractivity contribution in [3.8, 4) is 11.5 Å². The van der Waals surface area contributed by atoms with Crippen molar-refractivity contribution in [1.82, 2.24) is 9.97 Å². The van der Waals surface area contributed by atoms with E-state index < -0.39 is 0 Å². The van der Waals surface area contributed by atoms with Gasteiger partial charge < -0.3 is 9.47 Å². The first-order valence-electron chi connectivity index (χ1n) is 6.82. The standard InChI is InChI=1S/C17H16N2O2S/c1-11-5-4-6-12(7-11)22-17-13-8-15(20-2)16(21-3)9-14(13)18-10-19-17/h4-10H,1-3H3. The Balaban J connectivity index is 2.09. The average molecular weight is 312 g/mol. The Morgan fingerprint density at radius 3 is 2.45 bits per heavy atom. The van der Waals surface area contributed by atoms with Crippen LogP contribution in [-0.4, -0.2) is 24.2 Å². The third-order valence-corrected chi connectivity index (χ3v) is 4.32. The second-order valence-electron chi connectivity index (χ2n) is 4.82. The largest absolute Gasteiger partial charge is 0.493 e. The van der Waals surface area contributed by atoms with Crippen LogP contribution in [0.2, 0.25) is 0 Å². The number of nitrogens with zero attached hydrogens (tertiary/aromatic N) is 2. The quantitative estimate of drug-likeness (QED) is 0.678. The third-order valence-electron chi connectivity index (χ3n) is 3.31. The molecule has 0 atom stereocenters. The minimum atomic E-state index is 0.667. The van der Waals surface area contributed by atoms with E-state index in [1.807, 2.05) is 18.2 Å². The summed E-state index contributed by atoms with van der Waals surface area (Å²) >= 11 is 1.62. The molecule has 5 heteroatoms. The van der Waals surface area contributed by atoms with E-state index in [1.165, 1.54) is 5.56 Å². The van der Waals surface area contributed by atoms with Crippen molar-refractivity contribution in [2.45, 2.75) is 16.8 Å². The highest BCUT2D eigenvalue weighted by Gasteiger charge is 2.11. The van der Waals surface area contributed by atoms with Gasteiger partial charge in [0.25, 0.3) is 0 Å². The Bertz CT molecular complexity index is 821. The van der Waals surface area contributed by atoms with Crippen LogP contribution >= 0.6 is 11.8 Å². The lowest BCUT2D eigenvalue weighted by molar-refractivity contribution is 0.355. The third kappa shape index (κ3) is 2.85. The molecular formula is C17H16N2O2S. The molecule has 0 amide bonds. The van der Waals surface area contributed by atoms with Crippen molar-refractivity contribution in [2.75, 3.05) is 14.2 Å². The van der Waals surface area contributed by atoms with Gasteiger partial charge in [-0.1, -0.05) is 29.5 Å². The van der Waals surface area contributed by atoms with Gasteiger partial charge in [0, 0.05) is 16.3 Å². The molecule has 0 N–H and O–H groups in total. The van der Waals surface area contributed by atoms with Crippen molar-refractivity contribution in [1.29, 1.82) is 0 Å². The highest BCUT2D eigenvalue weighted by Crippen LogP contribution is 2.37. The number of rotatable bonds is 4. The van der Waals surface area contributed by atoms with E-state index in [0.29, 0.717) is 11.5 Å². The van der Waals surface area contributed by atoms with Crippen LogP contribution in [0.1, 0.15) is 5.56 Å². The second-order valence-corrected chi connectivity index (χ2v) is 5.88. The Kier molecular flexibility index (Phi) is 4.15. The SMILES string of the molecule is COc1cc2ncnc(Sc3cccc(C)c3)c2cc1OC. The molecule has 22 heavy (non-hydrogen) atoms. The summed E-state index contributed by atoms with van der Waals surface area (Å²) in [4.78, 5) is 9.89. The van der Waals surface area contributed by atoms with Crippen LogP contribution in [0.25, 0.3) is 10.9 Å². The van der Waals surface area contributed by atoms with Gasteiger partial charge in [-0.3, -0.25) is 0 Å². The van der Waals surface area contributed by atoms with E-state index >= 15 is 0 Å². The van der Waals surface area contributed by atoms with Crippen molar-refractivity contribution < 1.29 is 9.47 Å². The van der Waals surface area contributed by atoms with Crippen LogP contribution in [0.5, 0.6) is 11.5 Å². The van der Waals surface area contributed by atoms with Gasteiger partial charge in [-0.05, 0) is 25.1 Å². The van der Waals surface area contributed by atoms with E-state index in [0.717, 1.165) is 20.8 Å². The Hall–Kier alpha value is -2.27. The number of aromatic nitrogens is 2. The molecule has 3 rings (SSSR count). The lowest BCUT2D eigenvalue weighted by atomic mass is 10.2. The molecule has 0 radical (unpaired) electrons. The molecule has 2 aromatic carbocycles. The van der Waals surface area contributed by atoms with Gasteiger partial charge in [-0.25, -0.2) is 9.97 Å². The van der Waals surface area contributed by atoms with Gasteiger partial charge >= 0.3 is 0 Å². The van der Waals surface area contributed by atoms with E-state index in [1.54, 1.807) is 32.3 Å². The number of aryl methyl sites for hydroxylation is 1. The van der Waals surface area contributed by atoms with Gasteiger partial charge in [-0.15, -0.1) is 0 Å². The summed E-state index contributed by atoms with van der Waals surface area (Å²) in [5.41, 5.74) is 2.06. The Morgan fingerprint density at radius 2 is 1.73 bits per heavy atom. The maximum atomic E-state index is 5.38. The van der Waals surface area contributed by atoms with E-state index in [9.17, 15) is 0 Å². The van der Waals surface area contributed by atoms with Crippen molar-refractivity contribution >= 4 is 22.7 Å². The first-order valence-corrected chi connectivity index (χ1v) is 7.64. The average Bonchev–Trinajstić information content (AvgIpc) is 2.54. The van der Waals surface area contributed by atoms with E-state index in [-0.39, 0.29) is 0 Å². The number of hydrogen-bond acceptors (Lipinski definition) is 5. The van der Waals surface area contributed by atoms with Crippen molar-refractivity contribution in [3.63, 3.8) is 0 Å². The van der Waals surface area contributed by atoms with Crippen LogP contribution in [-0.2, 0) is 0 Å². The Morgan fingerprint density at radius 1 is 0.955 bits per heavy atom. The molecule has 0 aliphatic rings. The molecule has 0 fully saturated rings. The smallest absolute Gasteiger partial charge is 0.162 e. The highest BCUT2D eigenvalue weighted by molar-refractivity contribution is 7.99. The van der Waals surface area contributed by atoms with Gasteiger partial charge in [0.1, 0.15) is 11.4 Å². The van der Waals surface area contributed by atoms with E-state index in [2.05, 4.69) is 35.1 Å². The molecule has 4 nitrogen and oxygen atoms in total. The summed E-state index contributed by atoms with van der Waals surface area (Å²) in [5.74, 6) is 1.34. The highest BCUT2D eigenvalue weighted by atomic mass is 32.2. The summed E-state index contributed by atoms with van der Waals surface area (Å²) in [7, 11) is 3.24. The normalized spacial score (nSPS) is 10.7. The molecule has 0 saturated carbocycles. The van der Waals surface area contributed by atoms with Crippen LogP contribution in [0.3, 0.4) is 0 Å². The first-order chi connectivity index (χ1) is 10.7. The maximum Gasteiger partial charge on any atom is 0.162 e. The summed E-state index contributed by atoms with van der Waals surface area (Å²) in [6.07, 6.45) is 1.58. The lowest BCUT2D eigenvalue weighted by Gasteiger charge is -2.10. The molecule has 0 aliphatic heterocycles. The summed E-state index contributed by atoms with van der Waals surface area (Å²) in [6, 6.07) is 12.1. The van der Waals surface area contributed by atoms with Crippen molar-refractivity contribution in [2.24, 2.45) is 0 Å². The predicted molar refractivity (Wildman–Crippen MR) is 87.9 cm³/mol. The molecule has 0 unspecified atom stereocenters. The zero-order chi connectivity index (χ0) is 15.5. The van der Waals surface area contributed by atoms with Crippen LogP contribution in [0, 0.1) is 6.92 Å². The van der Waals surface area contributed by atoms with Crippen LogP contribution in [0.15, 0.2) is 52.6 Å². The lowest BCUT2D eigenvalue weighted by Crippen LogP contribution is -1.93. The molecule has 3 aromatic rings. The number of fused-ring (bicyclic) bond motifs is 1. The second kappa shape index (κ2) is 6.23. The molecule has 0 saturated heterocycles. The first kappa shape index (κ1) is 14.7. The zero-order valence-corrected chi connectivity index (χ0v) is 13.5. The molecule has 112 valence electrons. The fraction of sp³-hybridized carbons (Fsp3) is 0.176. The maximum absolute atomic E-state index is 5.38. The van der Waals surface area contributed by atoms with Gasteiger partial charge in [0.05, 0.1) is 19.7 Å². The monoisotopic (exact) mass is 312 g/mol. The number of hydrogen-bond donors (Lipinski definition) is 0. The molecular weight excluding hydrogens is 296 g/mol. The topological polar surface area (TPSA) is 44.2 Å². The van der Waals surface area contributed by atoms with Crippen LogP contribution < -0.4 is 9.47 Å². The van der Waals surface area contributed by atoms with Crippen molar-refractivity contribution in [3.05, 3.63) is 48.3 Å². The van der Waals surface area contributed by atoms with E-state index in [4.69, 9.17) is 9.47 Å². The zero-order valence-electron chi connectivity index (χ0n) is 12.7. The fourth-order valence-electron chi connectivity index (χ4n) is 2.23. The molecule has 0 aliphatic carbocycles. The number of ether oxygens (including phenoxy) is 2.